The fourth-order valence-electron chi connectivity index (χ4n) is 3.61. The van der Waals surface area contributed by atoms with Gasteiger partial charge in [-0.25, -0.2) is 0 Å². The number of hydrogen-bond donors (Lipinski definition) is 2. The molecule has 0 bridgehead atoms. The summed E-state index contributed by atoms with van der Waals surface area (Å²) in [5, 5.41) is 14.4. The molecule has 4 aromatic rings. The Morgan fingerprint density at radius 1 is 0.976 bits per heavy atom. The number of nitrogens with zero attached hydrogens (tertiary/aromatic N) is 3. The second kappa shape index (κ2) is 13.7. The molecule has 3 aromatic carbocycles. The van der Waals surface area contributed by atoms with Gasteiger partial charge in [-0.05, 0) is 61.0 Å². The number of alkyl halides is 3. The molecule has 8 nitrogen and oxygen atoms in total. The molecule has 0 aliphatic heterocycles. The lowest BCUT2D eigenvalue weighted by molar-refractivity contribution is -0.137. The van der Waals surface area contributed by atoms with Crippen LogP contribution < -0.4 is 15.4 Å². The van der Waals surface area contributed by atoms with Gasteiger partial charge >= 0.3 is 6.18 Å². The molecule has 1 aromatic heterocycles. The quantitative estimate of drug-likeness (QED) is 0.179. The highest BCUT2D eigenvalue weighted by Gasteiger charge is 2.31. The zero-order chi connectivity index (χ0) is 30.4. The first-order chi connectivity index (χ1) is 19.9. The van der Waals surface area contributed by atoms with Crippen molar-refractivity contribution in [2.75, 3.05) is 17.7 Å². The van der Waals surface area contributed by atoms with Gasteiger partial charge in [0.2, 0.25) is 5.91 Å². The van der Waals surface area contributed by atoms with Crippen molar-refractivity contribution < 1.29 is 27.5 Å². The van der Waals surface area contributed by atoms with E-state index < -0.39 is 23.6 Å². The lowest BCUT2D eigenvalue weighted by Crippen LogP contribution is -2.29. The number of anilines is 1. The second-order valence-electron chi connectivity index (χ2n) is 8.74. The summed E-state index contributed by atoms with van der Waals surface area (Å²) in [5.41, 5.74) is 0.514. The van der Waals surface area contributed by atoms with Crippen LogP contribution in [-0.2, 0) is 22.3 Å². The molecular weight excluding hydrogens is 638 g/mol. The molecule has 1 heterocycles. The van der Waals surface area contributed by atoms with Gasteiger partial charge in [0, 0.05) is 10.7 Å². The Morgan fingerprint density at radius 2 is 1.76 bits per heavy atom. The molecule has 0 aliphatic carbocycles. The predicted octanol–water partition coefficient (Wildman–Crippen LogP) is 6.98. The average molecular weight is 659 g/mol. The molecule has 0 fully saturated rings. The van der Waals surface area contributed by atoms with Gasteiger partial charge < -0.3 is 15.4 Å². The number of hydrogen-bond acceptors (Lipinski definition) is 6. The maximum Gasteiger partial charge on any atom is 0.416 e. The van der Waals surface area contributed by atoms with Crippen molar-refractivity contribution in [3.8, 4) is 11.4 Å². The molecule has 4 rings (SSSR count). The zero-order valence-corrected chi connectivity index (χ0v) is 24.7. The van der Waals surface area contributed by atoms with Crippen LogP contribution in [0.3, 0.4) is 0 Å². The zero-order valence-electron chi connectivity index (χ0n) is 21.6. The van der Waals surface area contributed by atoms with E-state index in [2.05, 4.69) is 20.8 Å². The van der Waals surface area contributed by atoms with Crippen LogP contribution in [0.1, 0.15) is 17.0 Å². The third-order valence-corrected chi connectivity index (χ3v) is 7.35. The number of amides is 2. The Kier molecular flexibility index (Phi) is 10.3. The number of benzene rings is 3. The van der Waals surface area contributed by atoms with Crippen LogP contribution in [0, 0.1) is 6.92 Å². The Labute approximate surface area is 257 Å². The summed E-state index contributed by atoms with van der Waals surface area (Å²) >= 11 is 18.9. The van der Waals surface area contributed by atoms with Crippen LogP contribution in [0.4, 0.5) is 18.9 Å². The van der Waals surface area contributed by atoms with Crippen LogP contribution >= 0.6 is 46.6 Å². The third-order valence-electron chi connectivity index (χ3n) is 5.56. The van der Waals surface area contributed by atoms with Gasteiger partial charge in [-0.2, -0.15) is 13.2 Å². The van der Waals surface area contributed by atoms with Gasteiger partial charge in [0.05, 0.1) is 33.6 Å². The van der Waals surface area contributed by atoms with Crippen molar-refractivity contribution >= 4 is 64.1 Å². The van der Waals surface area contributed by atoms with E-state index in [1.807, 2.05) is 25.1 Å². The highest BCUT2D eigenvalue weighted by molar-refractivity contribution is 7.99. The Hall–Kier alpha value is -3.45. The highest BCUT2D eigenvalue weighted by Crippen LogP contribution is 2.34. The molecule has 0 aliphatic rings. The lowest BCUT2D eigenvalue weighted by atomic mass is 10.2. The maximum atomic E-state index is 13.1. The number of halogens is 6. The molecule has 0 spiro atoms. The van der Waals surface area contributed by atoms with Crippen LogP contribution in [0.2, 0.25) is 15.1 Å². The SMILES string of the molecule is Cc1cccc(-n2c(CNC(=O)COc3ccc(Cl)cc3Cl)nnc2SCC(=O)Nc2cc(C(F)(F)F)ccc2Cl)c1. The summed E-state index contributed by atoms with van der Waals surface area (Å²) < 4.78 is 46.4. The van der Waals surface area contributed by atoms with E-state index in [-0.39, 0.29) is 34.6 Å². The van der Waals surface area contributed by atoms with Crippen molar-refractivity contribution in [3.05, 3.63) is 92.7 Å². The Morgan fingerprint density at radius 3 is 2.48 bits per heavy atom. The molecule has 0 saturated heterocycles. The van der Waals surface area contributed by atoms with Crippen molar-refractivity contribution in [3.63, 3.8) is 0 Å². The van der Waals surface area contributed by atoms with Gasteiger partial charge in [-0.1, -0.05) is 58.7 Å². The maximum absolute atomic E-state index is 13.1. The van der Waals surface area contributed by atoms with E-state index in [1.165, 1.54) is 6.07 Å². The predicted molar refractivity (Wildman–Crippen MR) is 156 cm³/mol. The molecule has 0 saturated carbocycles. The largest absolute Gasteiger partial charge is 0.482 e. The van der Waals surface area contributed by atoms with E-state index >= 15 is 0 Å². The first-order valence-corrected chi connectivity index (χ1v) is 14.2. The molecule has 15 heteroatoms. The minimum Gasteiger partial charge on any atom is -0.482 e. The summed E-state index contributed by atoms with van der Waals surface area (Å²) in [4.78, 5) is 25.1. The van der Waals surface area contributed by atoms with Crippen LogP contribution in [-0.4, -0.2) is 38.9 Å². The number of aryl methyl sites for hydroxylation is 1. The summed E-state index contributed by atoms with van der Waals surface area (Å²) in [6.45, 7) is 1.55. The van der Waals surface area contributed by atoms with Crippen molar-refractivity contribution in [1.82, 2.24) is 20.1 Å². The number of carbonyl (C=O) groups is 2. The van der Waals surface area contributed by atoms with Gasteiger partial charge in [-0.3, -0.25) is 14.2 Å². The first kappa shape index (κ1) is 31.5. The fourth-order valence-corrected chi connectivity index (χ4v) is 5.01. The van der Waals surface area contributed by atoms with Gasteiger partial charge in [-0.15, -0.1) is 10.2 Å². The van der Waals surface area contributed by atoms with Crippen molar-refractivity contribution in [2.24, 2.45) is 0 Å². The molecule has 0 unspecified atom stereocenters. The van der Waals surface area contributed by atoms with E-state index in [9.17, 15) is 22.8 Å². The van der Waals surface area contributed by atoms with Gasteiger partial charge in [0.1, 0.15) is 5.75 Å². The smallest absolute Gasteiger partial charge is 0.416 e. The van der Waals surface area contributed by atoms with E-state index in [1.54, 1.807) is 22.8 Å². The standard InChI is InChI=1S/C27H21Cl3F3N5O3S/c1-15-3-2-4-18(9-15)38-23(12-34-24(39)13-41-22-8-6-17(28)11-20(22)30)36-37-26(38)42-14-25(40)35-21-10-16(27(31,32)33)5-7-19(21)29/h2-11H,12-14H2,1H3,(H,34,39)(H,35,40). The molecule has 220 valence electrons. The topological polar surface area (TPSA) is 98.1 Å². The molecule has 2 amide bonds. The van der Waals surface area contributed by atoms with Gasteiger partial charge in [0.25, 0.3) is 5.91 Å². The number of rotatable bonds is 10. The number of ether oxygens (including phenoxy) is 1. The third kappa shape index (κ3) is 8.31. The summed E-state index contributed by atoms with van der Waals surface area (Å²) in [6.07, 6.45) is -4.59. The van der Waals surface area contributed by atoms with Crippen LogP contribution in [0.25, 0.3) is 5.69 Å². The number of aromatic nitrogens is 3. The summed E-state index contributed by atoms with van der Waals surface area (Å²) in [5.74, 6) is -0.609. The summed E-state index contributed by atoms with van der Waals surface area (Å²) in [7, 11) is 0. The van der Waals surface area contributed by atoms with E-state index in [4.69, 9.17) is 39.5 Å². The second-order valence-corrected chi connectivity index (χ2v) is 10.9. The van der Waals surface area contributed by atoms with Crippen molar-refractivity contribution in [2.45, 2.75) is 24.8 Å². The minimum atomic E-state index is -4.59. The number of carbonyl (C=O) groups excluding carboxylic acids is 2. The number of nitrogens with one attached hydrogen (secondary N) is 2. The van der Waals surface area contributed by atoms with E-state index in [0.717, 1.165) is 35.5 Å². The van der Waals surface area contributed by atoms with Crippen molar-refractivity contribution in [1.29, 1.82) is 0 Å². The number of thioether (sulfide) groups is 1. The Bertz CT molecular complexity index is 1620. The van der Waals surface area contributed by atoms with Crippen LogP contribution in [0.15, 0.2) is 65.8 Å². The summed E-state index contributed by atoms with van der Waals surface area (Å²) in [6, 6.07) is 14.7. The molecule has 2 N–H and O–H groups in total. The monoisotopic (exact) mass is 657 g/mol. The molecule has 0 atom stereocenters. The molecule has 0 radical (unpaired) electrons. The first-order valence-electron chi connectivity index (χ1n) is 12.1. The normalized spacial score (nSPS) is 11.3. The van der Waals surface area contributed by atoms with E-state index in [0.29, 0.717) is 27.4 Å². The fraction of sp³-hybridized carbons (Fsp3) is 0.185. The van der Waals surface area contributed by atoms with Crippen LogP contribution in [0.5, 0.6) is 5.75 Å². The Balaban J connectivity index is 1.45. The minimum absolute atomic E-state index is 0.0237. The molecular formula is C27H21Cl3F3N5O3S. The van der Waals surface area contributed by atoms with Gasteiger partial charge in [0.15, 0.2) is 17.6 Å². The highest BCUT2D eigenvalue weighted by atomic mass is 35.5. The lowest BCUT2D eigenvalue weighted by Gasteiger charge is -2.13. The molecule has 42 heavy (non-hydrogen) atoms. The average Bonchev–Trinajstić information content (AvgIpc) is 3.33.